The molecule has 21 heavy (non-hydrogen) atoms. The number of amides is 1. The molecule has 0 bridgehead atoms. The first-order valence-corrected chi connectivity index (χ1v) is 8.46. The Morgan fingerprint density at radius 2 is 1.90 bits per heavy atom. The fraction of sp³-hybridized carbons (Fsp3) is 0.500. The van der Waals surface area contributed by atoms with Crippen LogP contribution < -0.4 is 15.2 Å². The number of nitrogens with one attached hydrogen (secondary N) is 1. The van der Waals surface area contributed by atoms with Gasteiger partial charge in [-0.05, 0) is 37.6 Å². The quantitative estimate of drug-likeness (QED) is 0.709. The molecule has 1 aromatic carbocycles. The number of carbonyl (C=O) groups is 1. The highest BCUT2D eigenvalue weighted by molar-refractivity contribution is 7.89. The minimum Gasteiger partial charge on any atom is -0.481 e. The monoisotopic (exact) mass is 314 g/mol. The molecule has 0 radical (unpaired) electrons. The average molecular weight is 314 g/mol. The van der Waals surface area contributed by atoms with Gasteiger partial charge in [0.1, 0.15) is 5.75 Å². The Kier molecular flexibility index (Phi) is 6.64. The number of unbranched alkanes of at least 4 members (excludes halogenated alkanes) is 2. The lowest BCUT2D eigenvalue weighted by Crippen LogP contribution is -2.36. The van der Waals surface area contributed by atoms with Gasteiger partial charge >= 0.3 is 0 Å². The number of benzene rings is 1. The molecule has 1 amide bonds. The number of carbonyl (C=O) groups excluding carboxylic acids is 1. The van der Waals surface area contributed by atoms with Gasteiger partial charge in [-0.3, -0.25) is 4.79 Å². The summed E-state index contributed by atoms with van der Waals surface area (Å²) >= 11 is 0. The van der Waals surface area contributed by atoms with E-state index in [0.29, 0.717) is 12.3 Å². The number of hydrogen-bond donors (Lipinski definition) is 2. The Hall–Kier alpha value is -1.60. The third-order valence-electron chi connectivity index (χ3n) is 2.91. The molecule has 1 unspecified atom stereocenters. The third-order valence-corrected chi connectivity index (χ3v) is 3.84. The predicted octanol–water partition coefficient (Wildman–Crippen LogP) is 1.41. The fourth-order valence-corrected chi connectivity index (χ4v) is 2.21. The van der Waals surface area contributed by atoms with Gasteiger partial charge in [0, 0.05) is 6.54 Å². The summed E-state index contributed by atoms with van der Waals surface area (Å²) in [6.07, 6.45) is 2.47. The van der Waals surface area contributed by atoms with Gasteiger partial charge in [0.2, 0.25) is 10.0 Å². The third kappa shape index (κ3) is 6.14. The molecule has 0 aliphatic heterocycles. The first-order chi connectivity index (χ1) is 9.84. The maximum Gasteiger partial charge on any atom is 0.260 e. The first kappa shape index (κ1) is 17.5. The van der Waals surface area contributed by atoms with E-state index in [-0.39, 0.29) is 10.8 Å². The van der Waals surface area contributed by atoms with Gasteiger partial charge < -0.3 is 10.1 Å². The normalized spacial score (nSPS) is 12.7. The Labute approximate surface area is 125 Å². The van der Waals surface area contributed by atoms with Crippen molar-refractivity contribution in [1.29, 1.82) is 0 Å². The van der Waals surface area contributed by atoms with E-state index in [0.717, 1.165) is 19.3 Å². The molecular weight excluding hydrogens is 292 g/mol. The van der Waals surface area contributed by atoms with Gasteiger partial charge in [0.15, 0.2) is 6.10 Å². The molecular formula is C14H22N2O4S. The van der Waals surface area contributed by atoms with Crippen molar-refractivity contribution in [1.82, 2.24) is 5.32 Å². The van der Waals surface area contributed by atoms with Crippen LogP contribution in [-0.2, 0) is 14.8 Å². The highest BCUT2D eigenvalue weighted by Crippen LogP contribution is 2.16. The van der Waals surface area contributed by atoms with Gasteiger partial charge in [-0.15, -0.1) is 0 Å². The van der Waals surface area contributed by atoms with Crippen LogP contribution in [0.25, 0.3) is 0 Å². The summed E-state index contributed by atoms with van der Waals surface area (Å²) in [7, 11) is -3.72. The molecule has 1 atom stereocenters. The van der Waals surface area contributed by atoms with Crippen LogP contribution in [0.2, 0.25) is 0 Å². The Morgan fingerprint density at radius 1 is 1.29 bits per heavy atom. The highest BCUT2D eigenvalue weighted by atomic mass is 32.2. The summed E-state index contributed by atoms with van der Waals surface area (Å²) in [4.78, 5) is 11.8. The van der Waals surface area contributed by atoms with Crippen molar-refractivity contribution in [2.45, 2.75) is 44.1 Å². The van der Waals surface area contributed by atoms with E-state index < -0.39 is 16.1 Å². The van der Waals surface area contributed by atoms with Crippen LogP contribution in [0.1, 0.15) is 33.1 Å². The average Bonchev–Trinajstić information content (AvgIpc) is 2.43. The smallest absolute Gasteiger partial charge is 0.260 e. The van der Waals surface area contributed by atoms with Gasteiger partial charge in [-0.1, -0.05) is 19.8 Å². The van der Waals surface area contributed by atoms with Crippen molar-refractivity contribution in [3.8, 4) is 5.75 Å². The zero-order valence-corrected chi connectivity index (χ0v) is 13.2. The molecule has 0 aliphatic carbocycles. The maximum absolute atomic E-state index is 11.8. The van der Waals surface area contributed by atoms with Crippen molar-refractivity contribution < 1.29 is 17.9 Å². The lowest BCUT2D eigenvalue weighted by Gasteiger charge is -2.14. The van der Waals surface area contributed by atoms with E-state index in [1.54, 1.807) is 6.92 Å². The summed E-state index contributed by atoms with van der Waals surface area (Å²) in [6.45, 7) is 4.37. The number of rotatable bonds is 8. The Bertz CT molecular complexity index is 555. The molecule has 0 saturated carbocycles. The summed E-state index contributed by atoms with van der Waals surface area (Å²) in [5, 5.41) is 7.80. The second kappa shape index (κ2) is 7.99. The predicted molar refractivity (Wildman–Crippen MR) is 80.4 cm³/mol. The Balaban J connectivity index is 2.50. The SMILES string of the molecule is CCCCCNC(=O)C(C)Oc1ccc(S(N)(=O)=O)cc1. The summed E-state index contributed by atoms with van der Waals surface area (Å²) in [6, 6.07) is 5.63. The Morgan fingerprint density at radius 3 is 2.43 bits per heavy atom. The zero-order chi connectivity index (χ0) is 15.9. The lowest BCUT2D eigenvalue weighted by molar-refractivity contribution is -0.127. The van der Waals surface area contributed by atoms with E-state index in [2.05, 4.69) is 12.2 Å². The van der Waals surface area contributed by atoms with Crippen LogP contribution in [0.4, 0.5) is 0 Å². The van der Waals surface area contributed by atoms with E-state index in [1.165, 1.54) is 24.3 Å². The van der Waals surface area contributed by atoms with Crippen LogP contribution in [0.3, 0.4) is 0 Å². The van der Waals surface area contributed by atoms with Crippen molar-refractivity contribution in [2.75, 3.05) is 6.54 Å². The van der Waals surface area contributed by atoms with Gasteiger partial charge in [0.25, 0.3) is 5.91 Å². The second-order valence-electron chi connectivity index (χ2n) is 4.77. The molecule has 1 rings (SSSR count). The number of primary sulfonamides is 1. The molecule has 7 heteroatoms. The number of ether oxygens (including phenoxy) is 1. The molecule has 6 nitrogen and oxygen atoms in total. The molecule has 3 N–H and O–H groups in total. The van der Waals surface area contributed by atoms with Crippen molar-refractivity contribution in [2.24, 2.45) is 5.14 Å². The maximum atomic E-state index is 11.8. The summed E-state index contributed by atoms with van der Waals surface area (Å²) < 4.78 is 27.7. The lowest BCUT2D eigenvalue weighted by atomic mass is 10.2. The van der Waals surface area contributed by atoms with Crippen molar-refractivity contribution in [3.05, 3.63) is 24.3 Å². The molecule has 0 spiro atoms. The molecule has 0 aliphatic rings. The molecule has 0 saturated heterocycles. The minimum absolute atomic E-state index is 0.00604. The van der Waals surface area contributed by atoms with Gasteiger partial charge in [-0.2, -0.15) is 0 Å². The number of sulfonamides is 1. The van der Waals surface area contributed by atoms with Gasteiger partial charge in [0.05, 0.1) is 4.90 Å². The van der Waals surface area contributed by atoms with E-state index in [1.807, 2.05) is 0 Å². The largest absolute Gasteiger partial charge is 0.481 e. The van der Waals surface area contributed by atoms with Crippen LogP contribution >= 0.6 is 0 Å². The minimum atomic E-state index is -3.72. The van der Waals surface area contributed by atoms with Crippen LogP contribution in [-0.4, -0.2) is 27.0 Å². The van der Waals surface area contributed by atoms with Crippen molar-refractivity contribution in [3.63, 3.8) is 0 Å². The summed E-state index contributed by atoms with van der Waals surface area (Å²) in [5.74, 6) is 0.222. The standard InChI is InChI=1S/C14H22N2O4S/c1-3-4-5-10-16-14(17)11(2)20-12-6-8-13(9-7-12)21(15,18)19/h6-9,11H,3-5,10H2,1-2H3,(H,16,17)(H2,15,18,19). The zero-order valence-electron chi connectivity index (χ0n) is 12.3. The van der Waals surface area contributed by atoms with Gasteiger partial charge in [-0.25, -0.2) is 13.6 Å². The topological polar surface area (TPSA) is 98.5 Å². The van der Waals surface area contributed by atoms with E-state index >= 15 is 0 Å². The number of nitrogens with two attached hydrogens (primary N) is 1. The second-order valence-corrected chi connectivity index (χ2v) is 6.34. The van der Waals surface area contributed by atoms with E-state index in [4.69, 9.17) is 9.88 Å². The molecule has 0 heterocycles. The molecule has 1 aromatic rings. The highest BCUT2D eigenvalue weighted by Gasteiger charge is 2.14. The number of hydrogen-bond acceptors (Lipinski definition) is 4. The molecule has 118 valence electrons. The summed E-state index contributed by atoms with van der Waals surface area (Å²) in [5.41, 5.74) is 0. The van der Waals surface area contributed by atoms with Crippen molar-refractivity contribution >= 4 is 15.9 Å². The molecule has 0 fully saturated rings. The fourth-order valence-electron chi connectivity index (χ4n) is 1.70. The van der Waals surface area contributed by atoms with Crippen LogP contribution in [0.15, 0.2) is 29.2 Å². The van der Waals surface area contributed by atoms with Crippen LogP contribution in [0, 0.1) is 0 Å². The molecule has 0 aromatic heterocycles. The first-order valence-electron chi connectivity index (χ1n) is 6.92. The van der Waals surface area contributed by atoms with E-state index in [9.17, 15) is 13.2 Å². The van der Waals surface area contributed by atoms with Crippen LogP contribution in [0.5, 0.6) is 5.75 Å².